The molecule has 2 rings (SSSR count). The van der Waals surface area contributed by atoms with Crippen LogP contribution in [-0.2, 0) is 0 Å². The summed E-state index contributed by atoms with van der Waals surface area (Å²) in [7, 11) is 0. The van der Waals surface area contributed by atoms with Gasteiger partial charge in [-0.3, -0.25) is 5.43 Å². The van der Waals surface area contributed by atoms with Gasteiger partial charge in [-0.05, 0) is 37.6 Å². The van der Waals surface area contributed by atoms with E-state index in [0.29, 0.717) is 5.69 Å². The first-order valence-corrected chi connectivity index (χ1v) is 5.83. The third-order valence-corrected chi connectivity index (χ3v) is 2.71. The number of rotatable bonds is 4. The van der Waals surface area contributed by atoms with Crippen LogP contribution >= 0.6 is 0 Å². The number of hydrogen-bond donors (Lipinski definition) is 2. The summed E-state index contributed by atoms with van der Waals surface area (Å²) in [5.41, 5.74) is 6.84. The van der Waals surface area contributed by atoms with Crippen LogP contribution in [0.1, 0.15) is 27.3 Å². The Bertz CT molecular complexity index is 612. The summed E-state index contributed by atoms with van der Waals surface area (Å²) in [5, 5.41) is 14.7. The maximum absolute atomic E-state index is 10.6. The smallest absolute Gasteiger partial charge is 0.0715 e. The number of hydrogen-bond acceptors (Lipinski definition) is 4. The van der Waals surface area contributed by atoms with Gasteiger partial charge in [0.1, 0.15) is 0 Å². The fourth-order valence-electron chi connectivity index (χ4n) is 1.74. The minimum Gasteiger partial charge on any atom is -0.545 e. The molecule has 0 unspecified atom stereocenters. The Labute approximate surface area is 111 Å². The molecular weight excluding hydrogens is 242 g/mol. The second kappa shape index (κ2) is 5.39. The van der Waals surface area contributed by atoms with Crippen molar-refractivity contribution < 1.29 is 9.90 Å². The van der Waals surface area contributed by atoms with Crippen molar-refractivity contribution >= 4 is 17.9 Å². The van der Waals surface area contributed by atoms with Crippen molar-refractivity contribution in [2.24, 2.45) is 5.10 Å². The third kappa shape index (κ3) is 3.22. The van der Waals surface area contributed by atoms with Gasteiger partial charge in [0.25, 0.3) is 0 Å². The number of aryl methyl sites for hydroxylation is 2. The molecule has 0 saturated carbocycles. The van der Waals surface area contributed by atoms with Crippen molar-refractivity contribution in [3.63, 3.8) is 0 Å². The highest BCUT2D eigenvalue weighted by molar-refractivity contribution is 5.86. The van der Waals surface area contributed by atoms with Crippen molar-refractivity contribution in [3.05, 3.63) is 52.8 Å². The van der Waals surface area contributed by atoms with Gasteiger partial charge in [0, 0.05) is 17.0 Å². The molecule has 5 heteroatoms. The van der Waals surface area contributed by atoms with E-state index in [9.17, 15) is 9.90 Å². The van der Waals surface area contributed by atoms with Crippen LogP contribution in [0.5, 0.6) is 0 Å². The Balaban J connectivity index is 2.02. The number of nitrogens with zero attached hydrogens (tertiary/aromatic N) is 1. The summed E-state index contributed by atoms with van der Waals surface area (Å²) in [4.78, 5) is 13.8. The summed E-state index contributed by atoms with van der Waals surface area (Å²) in [5.74, 6) is -1.19. The predicted octanol–water partition coefficient (Wildman–Crippen LogP) is 1.44. The predicted molar refractivity (Wildman–Crippen MR) is 72.3 cm³/mol. The number of benzene rings is 1. The number of nitrogens with one attached hydrogen (secondary N) is 2. The second-order valence-electron chi connectivity index (χ2n) is 4.27. The zero-order valence-electron chi connectivity index (χ0n) is 10.7. The van der Waals surface area contributed by atoms with Crippen molar-refractivity contribution in [2.75, 3.05) is 5.43 Å². The number of carboxylic acid groups (broad SMARTS) is 1. The van der Waals surface area contributed by atoms with E-state index < -0.39 is 5.97 Å². The minimum absolute atomic E-state index is 0.145. The maximum Gasteiger partial charge on any atom is 0.0715 e. The summed E-state index contributed by atoms with van der Waals surface area (Å²) < 4.78 is 0. The molecule has 0 aliphatic carbocycles. The first-order valence-electron chi connectivity index (χ1n) is 5.83. The molecule has 0 fully saturated rings. The lowest BCUT2D eigenvalue weighted by molar-refractivity contribution is -0.255. The highest BCUT2D eigenvalue weighted by Gasteiger charge is 1.98. The van der Waals surface area contributed by atoms with E-state index in [4.69, 9.17) is 0 Å². The van der Waals surface area contributed by atoms with Crippen molar-refractivity contribution in [3.8, 4) is 0 Å². The lowest BCUT2D eigenvalue weighted by Crippen LogP contribution is -2.21. The van der Waals surface area contributed by atoms with Crippen LogP contribution in [0, 0.1) is 13.8 Å². The molecule has 0 atom stereocenters. The van der Waals surface area contributed by atoms with E-state index in [-0.39, 0.29) is 5.56 Å². The SMILES string of the molecule is Cc1cc(/C=N/Nc2ccc(C(=O)[O-])cc2)c(C)[nH]1. The number of carboxylic acids is 1. The highest BCUT2D eigenvalue weighted by Crippen LogP contribution is 2.10. The van der Waals surface area contributed by atoms with E-state index in [1.165, 1.54) is 12.1 Å². The number of H-pyrrole nitrogens is 1. The van der Waals surface area contributed by atoms with Crippen LogP contribution in [0.25, 0.3) is 0 Å². The molecule has 2 aromatic rings. The number of aromatic carboxylic acids is 1. The van der Waals surface area contributed by atoms with Crippen LogP contribution in [0.15, 0.2) is 35.4 Å². The monoisotopic (exact) mass is 256 g/mol. The topological polar surface area (TPSA) is 80.3 Å². The van der Waals surface area contributed by atoms with Crippen LogP contribution < -0.4 is 10.5 Å². The second-order valence-corrected chi connectivity index (χ2v) is 4.27. The first-order chi connectivity index (χ1) is 9.06. The van der Waals surface area contributed by atoms with Gasteiger partial charge < -0.3 is 14.9 Å². The van der Waals surface area contributed by atoms with Crippen LogP contribution in [0.2, 0.25) is 0 Å². The molecule has 98 valence electrons. The molecule has 0 spiro atoms. The summed E-state index contributed by atoms with van der Waals surface area (Å²) in [6.07, 6.45) is 1.71. The molecule has 1 aromatic heterocycles. The molecule has 0 aliphatic heterocycles. The lowest BCUT2D eigenvalue weighted by Gasteiger charge is -2.03. The Hall–Kier alpha value is -2.56. The fourth-order valence-corrected chi connectivity index (χ4v) is 1.74. The van der Waals surface area contributed by atoms with E-state index in [1.807, 2.05) is 19.9 Å². The summed E-state index contributed by atoms with van der Waals surface area (Å²) in [6.45, 7) is 3.96. The number of anilines is 1. The molecular formula is C14H14N3O2-. The van der Waals surface area contributed by atoms with Gasteiger partial charge in [-0.25, -0.2) is 0 Å². The first kappa shape index (κ1) is 12.9. The Morgan fingerprint density at radius 3 is 2.53 bits per heavy atom. The number of hydrazone groups is 1. The normalized spacial score (nSPS) is 10.8. The molecule has 0 amide bonds. The number of carbonyl (C=O) groups excluding carboxylic acids is 1. The third-order valence-electron chi connectivity index (χ3n) is 2.71. The molecule has 2 N–H and O–H groups in total. The highest BCUT2D eigenvalue weighted by atomic mass is 16.4. The van der Waals surface area contributed by atoms with Crippen molar-refractivity contribution in [2.45, 2.75) is 13.8 Å². The van der Waals surface area contributed by atoms with Gasteiger partial charge in [-0.2, -0.15) is 5.10 Å². The minimum atomic E-state index is -1.19. The van der Waals surface area contributed by atoms with Gasteiger partial charge in [-0.1, -0.05) is 12.1 Å². The molecule has 0 aliphatic rings. The van der Waals surface area contributed by atoms with E-state index in [0.717, 1.165) is 17.0 Å². The standard InChI is InChI=1S/C14H15N3O2/c1-9-7-12(10(2)16-9)8-15-17-13-5-3-11(4-6-13)14(18)19/h3-8,16-17H,1-2H3,(H,18,19)/p-1/b15-8+. The Morgan fingerprint density at radius 1 is 1.32 bits per heavy atom. The summed E-state index contributed by atoms with van der Waals surface area (Å²) >= 11 is 0. The van der Waals surface area contributed by atoms with Gasteiger partial charge in [-0.15, -0.1) is 0 Å². The molecule has 1 aromatic carbocycles. The molecule has 19 heavy (non-hydrogen) atoms. The molecule has 5 nitrogen and oxygen atoms in total. The van der Waals surface area contributed by atoms with E-state index in [2.05, 4.69) is 15.5 Å². The average Bonchev–Trinajstić information content (AvgIpc) is 2.68. The van der Waals surface area contributed by atoms with Gasteiger partial charge in [0.2, 0.25) is 0 Å². The fraction of sp³-hybridized carbons (Fsp3) is 0.143. The zero-order chi connectivity index (χ0) is 13.8. The van der Waals surface area contributed by atoms with Gasteiger partial charge in [0.05, 0.1) is 17.9 Å². The Morgan fingerprint density at radius 2 is 2.00 bits per heavy atom. The van der Waals surface area contributed by atoms with E-state index >= 15 is 0 Å². The lowest BCUT2D eigenvalue weighted by atomic mass is 10.2. The van der Waals surface area contributed by atoms with Crippen LogP contribution in [-0.4, -0.2) is 17.2 Å². The van der Waals surface area contributed by atoms with Gasteiger partial charge in [0.15, 0.2) is 0 Å². The van der Waals surface area contributed by atoms with Crippen LogP contribution in [0.4, 0.5) is 5.69 Å². The Kier molecular flexibility index (Phi) is 3.66. The van der Waals surface area contributed by atoms with Crippen molar-refractivity contribution in [1.29, 1.82) is 0 Å². The van der Waals surface area contributed by atoms with Crippen LogP contribution in [0.3, 0.4) is 0 Å². The average molecular weight is 256 g/mol. The van der Waals surface area contributed by atoms with Crippen molar-refractivity contribution in [1.82, 2.24) is 4.98 Å². The number of aromatic nitrogens is 1. The molecule has 1 heterocycles. The maximum atomic E-state index is 10.6. The quantitative estimate of drug-likeness (QED) is 0.641. The van der Waals surface area contributed by atoms with E-state index in [1.54, 1.807) is 18.3 Å². The number of aromatic amines is 1. The molecule has 0 bridgehead atoms. The molecule has 0 radical (unpaired) electrons. The zero-order valence-corrected chi connectivity index (χ0v) is 10.7. The van der Waals surface area contributed by atoms with Gasteiger partial charge >= 0.3 is 0 Å². The summed E-state index contributed by atoms with van der Waals surface area (Å²) in [6, 6.07) is 8.22. The molecule has 0 saturated heterocycles. The number of carbonyl (C=O) groups is 1. The largest absolute Gasteiger partial charge is 0.545 e.